The van der Waals surface area contributed by atoms with Crippen LogP contribution in [0.5, 0.6) is 0 Å². The molecule has 1 aliphatic rings. The van der Waals surface area contributed by atoms with Gasteiger partial charge >= 0.3 is 6.09 Å². The van der Waals surface area contributed by atoms with Crippen LogP contribution < -0.4 is 0 Å². The highest BCUT2D eigenvalue weighted by Gasteiger charge is 2.30. The summed E-state index contributed by atoms with van der Waals surface area (Å²) in [6, 6.07) is 18.7. The summed E-state index contributed by atoms with van der Waals surface area (Å²) in [7, 11) is 0. The number of nitrogens with zero attached hydrogens (tertiary/aromatic N) is 2. The van der Waals surface area contributed by atoms with E-state index in [2.05, 4.69) is 52.7 Å². The first-order chi connectivity index (χ1) is 12.7. The number of piperazine rings is 1. The lowest BCUT2D eigenvalue weighted by atomic mass is 10.0. The summed E-state index contributed by atoms with van der Waals surface area (Å²) in [6.07, 6.45) is -0.0457. The highest BCUT2D eigenvalue weighted by molar-refractivity contribution is 7.17. The van der Waals surface area contributed by atoms with Crippen molar-refractivity contribution in [2.45, 2.75) is 19.0 Å². The number of fused-ring (bicyclic) bond motifs is 1. The first-order valence-corrected chi connectivity index (χ1v) is 9.79. The standard InChI is InChI=1S/C21H22N2O2S/c24-21(25)23-11-10-22(13-16-6-2-1-3-7-16)14-18(23)12-17-15-26-20-9-5-4-8-19(17)20/h1-9,15,18H,10-14H2,(H,24,25). The van der Waals surface area contributed by atoms with E-state index in [1.54, 1.807) is 16.2 Å². The van der Waals surface area contributed by atoms with E-state index in [0.29, 0.717) is 6.54 Å². The van der Waals surface area contributed by atoms with Gasteiger partial charge in [0.25, 0.3) is 0 Å². The lowest BCUT2D eigenvalue weighted by Crippen LogP contribution is -2.55. The molecule has 2 heterocycles. The van der Waals surface area contributed by atoms with Crippen molar-refractivity contribution < 1.29 is 9.90 Å². The molecule has 4 nitrogen and oxygen atoms in total. The van der Waals surface area contributed by atoms with Crippen LogP contribution in [0.15, 0.2) is 60.0 Å². The molecule has 1 unspecified atom stereocenters. The van der Waals surface area contributed by atoms with Crippen LogP contribution in [-0.4, -0.2) is 46.7 Å². The topological polar surface area (TPSA) is 43.8 Å². The van der Waals surface area contributed by atoms with Crippen molar-refractivity contribution in [3.63, 3.8) is 0 Å². The van der Waals surface area contributed by atoms with Crippen LogP contribution in [0.4, 0.5) is 4.79 Å². The van der Waals surface area contributed by atoms with Crippen LogP contribution in [0.3, 0.4) is 0 Å². The van der Waals surface area contributed by atoms with Crippen molar-refractivity contribution in [1.82, 2.24) is 9.80 Å². The predicted molar refractivity (Wildman–Crippen MR) is 106 cm³/mol. The third kappa shape index (κ3) is 3.59. The van der Waals surface area contributed by atoms with Gasteiger partial charge in [0, 0.05) is 30.9 Å². The van der Waals surface area contributed by atoms with Gasteiger partial charge in [0.1, 0.15) is 0 Å². The van der Waals surface area contributed by atoms with E-state index in [0.717, 1.165) is 26.1 Å². The molecule has 1 amide bonds. The summed E-state index contributed by atoms with van der Waals surface area (Å²) >= 11 is 1.74. The van der Waals surface area contributed by atoms with Gasteiger partial charge in [-0.3, -0.25) is 4.90 Å². The van der Waals surface area contributed by atoms with Crippen LogP contribution in [-0.2, 0) is 13.0 Å². The van der Waals surface area contributed by atoms with E-state index in [-0.39, 0.29) is 6.04 Å². The second-order valence-electron chi connectivity index (χ2n) is 6.81. The zero-order valence-electron chi connectivity index (χ0n) is 14.5. The third-order valence-corrected chi connectivity index (χ3v) is 6.09. The lowest BCUT2D eigenvalue weighted by molar-refractivity contribution is 0.0646. The number of carboxylic acid groups (broad SMARTS) is 1. The average molecular weight is 366 g/mol. The lowest BCUT2D eigenvalue weighted by Gasteiger charge is -2.40. The Labute approximate surface area is 157 Å². The van der Waals surface area contributed by atoms with Crippen LogP contribution in [0.2, 0.25) is 0 Å². The summed E-state index contributed by atoms with van der Waals surface area (Å²) in [4.78, 5) is 15.7. The van der Waals surface area contributed by atoms with E-state index in [1.807, 2.05) is 12.1 Å². The number of hydrogen-bond donors (Lipinski definition) is 1. The van der Waals surface area contributed by atoms with Gasteiger partial charge in [-0.1, -0.05) is 48.5 Å². The first kappa shape index (κ1) is 17.1. The summed E-state index contributed by atoms with van der Waals surface area (Å²) < 4.78 is 1.27. The third-order valence-electron chi connectivity index (χ3n) is 5.08. The predicted octanol–water partition coefficient (Wildman–Crippen LogP) is 4.31. The Balaban J connectivity index is 1.53. The maximum Gasteiger partial charge on any atom is 0.407 e. The molecule has 1 aromatic heterocycles. The molecular weight excluding hydrogens is 344 g/mol. The molecule has 4 rings (SSSR count). The van der Waals surface area contributed by atoms with Gasteiger partial charge in [0.05, 0.1) is 6.04 Å². The van der Waals surface area contributed by atoms with Crippen LogP contribution in [0.1, 0.15) is 11.1 Å². The summed E-state index contributed by atoms with van der Waals surface area (Å²) in [5.41, 5.74) is 2.53. The summed E-state index contributed by atoms with van der Waals surface area (Å²) in [6.45, 7) is 2.98. The molecule has 1 atom stereocenters. The summed E-state index contributed by atoms with van der Waals surface area (Å²) in [5.74, 6) is 0. The molecule has 0 aliphatic carbocycles. The van der Waals surface area contributed by atoms with Crippen molar-refractivity contribution in [3.8, 4) is 0 Å². The van der Waals surface area contributed by atoms with Gasteiger partial charge in [0.2, 0.25) is 0 Å². The number of carbonyl (C=O) groups is 1. The molecule has 134 valence electrons. The first-order valence-electron chi connectivity index (χ1n) is 8.91. The van der Waals surface area contributed by atoms with Crippen molar-refractivity contribution in [2.24, 2.45) is 0 Å². The fraction of sp³-hybridized carbons (Fsp3) is 0.286. The van der Waals surface area contributed by atoms with Gasteiger partial charge < -0.3 is 10.0 Å². The quantitative estimate of drug-likeness (QED) is 0.748. The Morgan fingerprint density at radius 2 is 1.85 bits per heavy atom. The molecule has 0 bridgehead atoms. The molecule has 1 aliphatic heterocycles. The number of hydrogen-bond acceptors (Lipinski definition) is 3. The number of amides is 1. The van der Waals surface area contributed by atoms with Crippen molar-refractivity contribution in [1.29, 1.82) is 0 Å². The largest absolute Gasteiger partial charge is 0.465 e. The van der Waals surface area contributed by atoms with Gasteiger partial charge in [-0.2, -0.15) is 0 Å². The van der Waals surface area contributed by atoms with Crippen LogP contribution >= 0.6 is 11.3 Å². The van der Waals surface area contributed by atoms with E-state index >= 15 is 0 Å². The van der Waals surface area contributed by atoms with E-state index in [1.165, 1.54) is 21.2 Å². The molecule has 1 saturated heterocycles. The zero-order valence-corrected chi connectivity index (χ0v) is 15.4. The number of thiophene rings is 1. The Hall–Kier alpha value is -2.37. The van der Waals surface area contributed by atoms with Crippen molar-refractivity contribution in [3.05, 3.63) is 71.1 Å². The number of benzene rings is 2. The van der Waals surface area contributed by atoms with Crippen molar-refractivity contribution >= 4 is 27.5 Å². The molecule has 1 fully saturated rings. The SMILES string of the molecule is O=C(O)N1CCN(Cc2ccccc2)CC1Cc1csc2ccccc12. The molecule has 0 spiro atoms. The molecule has 2 aromatic carbocycles. The normalized spacial score (nSPS) is 18.3. The van der Waals surface area contributed by atoms with Crippen LogP contribution in [0, 0.1) is 0 Å². The molecule has 0 radical (unpaired) electrons. The zero-order chi connectivity index (χ0) is 17.9. The van der Waals surface area contributed by atoms with E-state index < -0.39 is 6.09 Å². The van der Waals surface area contributed by atoms with E-state index in [4.69, 9.17) is 0 Å². The fourth-order valence-electron chi connectivity index (χ4n) is 3.78. The summed E-state index contributed by atoms with van der Waals surface area (Å²) in [5, 5.41) is 13.1. The molecule has 0 saturated carbocycles. The Bertz CT molecular complexity index is 893. The molecule has 1 N–H and O–H groups in total. The molecule has 5 heteroatoms. The maximum absolute atomic E-state index is 11.7. The highest BCUT2D eigenvalue weighted by Crippen LogP contribution is 2.28. The smallest absolute Gasteiger partial charge is 0.407 e. The minimum absolute atomic E-state index is 0.0111. The Kier molecular flexibility index (Phi) is 4.91. The molecular formula is C21H22N2O2S. The monoisotopic (exact) mass is 366 g/mol. The fourth-order valence-corrected chi connectivity index (χ4v) is 4.75. The van der Waals surface area contributed by atoms with Gasteiger partial charge in [-0.15, -0.1) is 11.3 Å². The minimum atomic E-state index is -0.811. The van der Waals surface area contributed by atoms with Gasteiger partial charge in [0.15, 0.2) is 0 Å². The average Bonchev–Trinajstić information content (AvgIpc) is 3.06. The highest BCUT2D eigenvalue weighted by atomic mass is 32.1. The second-order valence-corrected chi connectivity index (χ2v) is 7.72. The van der Waals surface area contributed by atoms with E-state index in [9.17, 15) is 9.90 Å². The Morgan fingerprint density at radius 1 is 1.08 bits per heavy atom. The van der Waals surface area contributed by atoms with Gasteiger partial charge in [-0.05, 0) is 34.4 Å². The minimum Gasteiger partial charge on any atom is -0.465 e. The molecule has 26 heavy (non-hydrogen) atoms. The van der Waals surface area contributed by atoms with Crippen LogP contribution in [0.25, 0.3) is 10.1 Å². The molecule has 3 aromatic rings. The Morgan fingerprint density at radius 3 is 2.65 bits per heavy atom. The number of rotatable bonds is 4. The second kappa shape index (κ2) is 7.48. The maximum atomic E-state index is 11.7. The van der Waals surface area contributed by atoms with Crippen molar-refractivity contribution in [2.75, 3.05) is 19.6 Å². The van der Waals surface area contributed by atoms with Gasteiger partial charge in [-0.25, -0.2) is 4.79 Å².